The summed E-state index contributed by atoms with van der Waals surface area (Å²) < 4.78 is 0. The van der Waals surface area contributed by atoms with Crippen molar-refractivity contribution in [2.24, 2.45) is 0 Å². The lowest BCUT2D eigenvalue weighted by Crippen LogP contribution is -2.56. The molecule has 0 unspecified atom stereocenters. The van der Waals surface area contributed by atoms with Crippen LogP contribution in [0.3, 0.4) is 0 Å². The molecule has 1 aromatic rings. The van der Waals surface area contributed by atoms with Gasteiger partial charge in [0, 0.05) is 10.6 Å². The maximum Gasteiger partial charge on any atom is 0.261 e. The predicted molar refractivity (Wildman–Crippen MR) is 64.6 cm³/mol. The van der Waals surface area contributed by atoms with Crippen LogP contribution < -0.4 is 11.1 Å². The highest BCUT2D eigenvalue weighted by Crippen LogP contribution is 2.32. The first-order valence-corrected chi connectivity index (χ1v) is 6.17. The number of amides is 1. The second kappa shape index (κ2) is 4.07. The largest absolute Gasteiger partial charge is 0.398 e. The summed E-state index contributed by atoms with van der Waals surface area (Å²) in [5.74, 6) is -0.126. The highest BCUT2D eigenvalue weighted by molar-refractivity contribution is 7.14. The molecular weight excluding hydrogens is 224 g/mol. The molecule has 1 fully saturated rings. The fraction of sp³-hybridized carbons (Fsp3) is 0.545. The highest BCUT2D eigenvalue weighted by Gasteiger charge is 2.38. The Morgan fingerprint density at radius 2 is 2.38 bits per heavy atom. The van der Waals surface area contributed by atoms with Crippen molar-refractivity contribution in [3.63, 3.8) is 0 Å². The molecule has 5 heteroatoms. The molecule has 1 aromatic heterocycles. The number of rotatable bonds is 3. The van der Waals surface area contributed by atoms with E-state index in [0.717, 1.165) is 24.1 Å². The van der Waals surface area contributed by atoms with Crippen LogP contribution in [-0.4, -0.2) is 23.2 Å². The summed E-state index contributed by atoms with van der Waals surface area (Å²) in [4.78, 5) is 13.5. The minimum absolute atomic E-state index is 0.0125. The quantitative estimate of drug-likeness (QED) is 0.745. The molecule has 0 atom stereocenters. The average molecular weight is 240 g/mol. The van der Waals surface area contributed by atoms with Gasteiger partial charge in [0.25, 0.3) is 5.91 Å². The first kappa shape index (κ1) is 11.4. The van der Waals surface area contributed by atoms with Gasteiger partial charge in [0.1, 0.15) is 0 Å². The lowest BCUT2D eigenvalue weighted by molar-refractivity contribution is 0.0645. The third-order valence-corrected chi connectivity index (χ3v) is 4.24. The molecule has 4 nitrogen and oxygen atoms in total. The molecule has 88 valence electrons. The zero-order valence-electron chi connectivity index (χ0n) is 9.25. The molecule has 16 heavy (non-hydrogen) atoms. The van der Waals surface area contributed by atoms with Gasteiger partial charge < -0.3 is 16.2 Å². The Hall–Kier alpha value is -1.07. The third kappa shape index (κ3) is 1.92. The van der Waals surface area contributed by atoms with Crippen LogP contribution in [-0.2, 0) is 0 Å². The van der Waals surface area contributed by atoms with E-state index in [9.17, 15) is 9.90 Å². The van der Waals surface area contributed by atoms with Crippen LogP contribution in [0.5, 0.6) is 0 Å². The van der Waals surface area contributed by atoms with Crippen molar-refractivity contribution < 1.29 is 9.90 Å². The summed E-state index contributed by atoms with van der Waals surface area (Å²) in [6, 6.07) is 1.69. The molecule has 0 radical (unpaired) electrons. The van der Waals surface area contributed by atoms with Crippen molar-refractivity contribution in [3.05, 3.63) is 15.8 Å². The second-order valence-corrected chi connectivity index (χ2v) is 5.62. The number of carbonyl (C=O) groups is 1. The van der Waals surface area contributed by atoms with E-state index >= 15 is 0 Å². The number of hydrogen-bond acceptors (Lipinski definition) is 4. The van der Waals surface area contributed by atoms with Crippen LogP contribution in [0.1, 0.15) is 33.8 Å². The van der Waals surface area contributed by atoms with Gasteiger partial charge in [-0.3, -0.25) is 4.79 Å². The van der Waals surface area contributed by atoms with Gasteiger partial charge in [-0.15, -0.1) is 11.3 Å². The number of nitrogens with two attached hydrogens (primary N) is 1. The van der Waals surface area contributed by atoms with Crippen LogP contribution in [0.2, 0.25) is 0 Å². The van der Waals surface area contributed by atoms with E-state index in [-0.39, 0.29) is 18.1 Å². The van der Waals surface area contributed by atoms with Crippen LogP contribution in [0.15, 0.2) is 6.07 Å². The fourth-order valence-corrected chi connectivity index (χ4v) is 2.67. The molecule has 1 aliphatic rings. The number of thiophene rings is 1. The SMILES string of the molecule is Cc1sc(C(=O)NC2(CO)CCC2)cc1N. The predicted octanol–water partition coefficient (Wildman–Crippen LogP) is 1.28. The van der Waals surface area contributed by atoms with Gasteiger partial charge in [0.15, 0.2) is 0 Å². The third-order valence-electron chi connectivity index (χ3n) is 3.17. The normalized spacial score (nSPS) is 17.9. The number of aliphatic hydroxyl groups is 1. The van der Waals surface area contributed by atoms with Crippen molar-refractivity contribution in [2.75, 3.05) is 12.3 Å². The maximum atomic E-state index is 11.9. The molecule has 1 saturated carbocycles. The number of aliphatic hydroxyl groups excluding tert-OH is 1. The average Bonchev–Trinajstić information content (AvgIpc) is 2.53. The zero-order valence-corrected chi connectivity index (χ0v) is 10.1. The monoisotopic (exact) mass is 240 g/mol. The fourth-order valence-electron chi connectivity index (χ4n) is 1.84. The number of carbonyl (C=O) groups excluding carboxylic acids is 1. The summed E-state index contributed by atoms with van der Waals surface area (Å²) >= 11 is 1.39. The number of anilines is 1. The first-order valence-electron chi connectivity index (χ1n) is 5.36. The van der Waals surface area contributed by atoms with E-state index in [4.69, 9.17) is 5.73 Å². The summed E-state index contributed by atoms with van der Waals surface area (Å²) in [6.45, 7) is 1.90. The molecular formula is C11H16N2O2S. The number of aryl methyl sites for hydroxylation is 1. The van der Waals surface area contributed by atoms with Crippen molar-refractivity contribution in [2.45, 2.75) is 31.7 Å². The van der Waals surface area contributed by atoms with Gasteiger partial charge in [0.2, 0.25) is 0 Å². The Labute approximate surface area is 98.5 Å². The first-order chi connectivity index (χ1) is 7.56. The Kier molecular flexibility index (Phi) is 2.90. The summed E-state index contributed by atoms with van der Waals surface area (Å²) in [7, 11) is 0. The maximum absolute atomic E-state index is 11.9. The number of hydrogen-bond donors (Lipinski definition) is 3. The lowest BCUT2D eigenvalue weighted by Gasteiger charge is -2.40. The zero-order chi connectivity index (χ0) is 11.8. The number of nitrogens with one attached hydrogen (secondary N) is 1. The molecule has 0 aromatic carbocycles. The van der Waals surface area contributed by atoms with Gasteiger partial charge in [-0.1, -0.05) is 0 Å². The molecule has 1 heterocycles. The van der Waals surface area contributed by atoms with Crippen molar-refractivity contribution in [1.29, 1.82) is 0 Å². The minimum Gasteiger partial charge on any atom is -0.398 e. The van der Waals surface area contributed by atoms with Gasteiger partial charge in [-0.05, 0) is 32.3 Å². The van der Waals surface area contributed by atoms with Gasteiger partial charge in [-0.25, -0.2) is 0 Å². The molecule has 4 N–H and O–H groups in total. The topological polar surface area (TPSA) is 75.3 Å². The van der Waals surface area contributed by atoms with Gasteiger partial charge in [-0.2, -0.15) is 0 Å². The molecule has 0 aliphatic heterocycles. The highest BCUT2D eigenvalue weighted by atomic mass is 32.1. The smallest absolute Gasteiger partial charge is 0.261 e. The lowest BCUT2D eigenvalue weighted by atomic mass is 9.77. The van der Waals surface area contributed by atoms with Crippen molar-refractivity contribution in [3.8, 4) is 0 Å². The van der Waals surface area contributed by atoms with E-state index < -0.39 is 0 Å². The Balaban J connectivity index is 2.08. The minimum atomic E-state index is -0.385. The van der Waals surface area contributed by atoms with E-state index in [1.807, 2.05) is 6.92 Å². The summed E-state index contributed by atoms with van der Waals surface area (Å²) in [6.07, 6.45) is 2.77. The number of nitrogen functional groups attached to an aromatic ring is 1. The molecule has 1 amide bonds. The Morgan fingerprint density at radius 1 is 1.69 bits per heavy atom. The summed E-state index contributed by atoms with van der Waals surface area (Å²) in [5, 5.41) is 12.2. The Morgan fingerprint density at radius 3 is 2.75 bits per heavy atom. The molecule has 2 rings (SSSR count). The van der Waals surface area contributed by atoms with Crippen LogP contribution in [0, 0.1) is 6.92 Å². The van der Waals surface area contributed by atoms with Gasteiger partial charge >= 0.3 is 0 Å². The van der Waals surface area contributed by atoms with Crippen molar-refractivity contribution in [1.82, 2.24) is 5.32 Å². The molecule has 0 bridgehead atoms. The van der Waals surface area contributed by atoms with Crippen molar-refractivity contribution >= 4 is 22.9 Å². The second-order valence-electron chi connectivity index (χ2n) is 4.37. The molecule has 0 saturated heterocycles. The van der Waals surface area contributed by atoms with Crippen LogP contribution in [0.25, 0.3) is 0 Å². The van der Waals surface area contributed by atoms with E-state index in [1.165, 1.54) is 11.3 Å². The van der Waals surface area contributed by atoms with E-state index in [0.29, 0.717) is 10.6 Å². The van der Waals surface area contributed by atoms with E-state index in [2.05, 4.69) is 5.32 Å². The Bertz CT molecular complexity index is 385. The van der Waals surface area contributed by atoms with Gasteiger partial charge in [0.05, 0.1) is 17.0 Å². The van der Waals surface area contributed by atoms with Crippen LogP contribution >= 0.6 is 11.3 Å². The van der Waals surface area contributed by atoms with Crippen LogP contribution in [0.4, 0.5) is 5.69 Å². The molecule has 0 spiro atoms. The van der Waals surface area contributed by atoms with E-state index in [1.54, 1.807) is 6.07 Å². The molecule has 1 aliphatic carbocycles. The summed E-state index contributed by atoms with van der Waals surface area (Å²) in [5.41, 5.74) is 5.97. The standard InChI is InChI=1S/C11H16N2O2S/c1-7-8(12)5-9(16-7)10(15)13-11(6-14)3-2-4-11/h5,14H,2-4,6,12H2,1H3,(H,13,15).